The van der Waals surface area contributed by atoms with Crippen molar-refractivity contribution in [2.75, 3.05) is 11.4 Å². The quantitative estimate of drug-likeness (QED) is 0.876. The summed E-state index contributed by atoms with van der Waals surface area (Å²) in [5.41, 5.74) is 4.80. The summed E-state index contributed by atoms with van der Waals surface area (Å²) in [6.45, 7) is 8.39. The van der Waals surface area contributed by atoms with E-state index >= 15 is 0 Å². The smallest absolute Gasteiger partial charge is 0.139 e. The summed E-state index contributed by atoms with van der Waals surface area (Å²) < 4.78 is 0. The third-order valence-corrected chi connectivity index (χ3v) is 5.30. The zero-order valence-electron chi connectivity index (χ0n) is 13.2. The van der Waals surface area contributed by atoms with E-state index in [0.717, 1.165) is 26.8 Å². The van der Waals surface area contributed by atoms with Crippen molar-refractivity contribution in [1.82, 2.24) is 4.98 Å². The number of aryl methyl sites for hydroxylation is 3. The zero-order valence-corrected chi connectivity index (χ0v) is 14.0. The molecule has 1 aliphatic heterocycles. The molecule has 1 aliphatic rings. The molecule has 3 rings (SSSR count). The van der Waals surface area contributed by atoms with Crippen molar-refractivity contribution in [2.45, 2.75) is 27.7 Å². The Morgan fingerprint density at radius 1 is 1.23 bits per heavy atom. The van der Waals surface area contributed by atoms with Crippen LogP contribution in [0.3, 0.4) is 0 Å². The predicted molar refractivity (Wildman–Crippen MR) is 92.1 cm³/mol. The van der Waals surface area contributed by atoms with Crippen molar-refractivity contribution in [3.63, 3.8) is 0 Å². The van der Waals surface area contributed by atoms with E-state index in [4.69, 9.17) is 5.41 Å². The Morgan fingerprint density at radius 3 is 2.59 bits per heavy atom. The van der Waals surface area contributed by atoms with Crippen LogP contribution in [0.4, 0.5) is 5.69 Å². The Kier molecular flexibility index (Phi) is 3.53. The molecular formula is C17H19N3OS. The lowest BCUT2D eigenvalue weighted by Gasteiger charge is -2.21. The third-order valence-electron chi connectivity index (χ3n) is 4.21. The second-order valence-electron chi connectivity index (χ2n) is 5.64. The van der Waals surface area contributed by atoms with Crippen molar-refractivity contribution >= 4 is 28.4 Å². The van der Waals surface area contributed by atoms with Crippen molar-refractivity contribution in [3.8, 4) is 0 Å². The van der Waals surface area contributed by atoms with Crippen LogP contribution in [0.1, 0.15) is 26.7 Å². The van der Waals surface area contributed by atoms with Gasteiger partial charge in [0, 0.05) is 10.6 Å². The van der Waals surface area contributed by atoms with Gasteiger partial charge >= 0.3 is 0 Å². The molecule has 5 heteroatoms. The number of rotatable bonds is 2. The molecule has 1 aromatic carbocycles. The van der Waals surface area contributed by atoms with Gasteiger partial charge in [-0.2, -0.15) is 0 Å². The fourth-order valence-corrected chi connectivity index (χ4v) is 3.60. The van der Waals surface area contributed by atoms with Crippen LogP contribution < -0.4 is 4.90 Å². The van der Waals surface area contributed by atoms with Crippen molar-refractivity contribution in [1.29, 1.82) is 5.41 Å². The number of aliphatic hydroxyl groups is 1. The topological polar surface area (TPSA) is 60.2 Å². The molecule has 0 saturated carbocycles. The molecule has 2 heterocycles. The second-order valence-corrected chi connectivity index (χ2v) is 6.84. The minimum atomic E-state index is 0.222. The van der Waals surface area contributed by atoms with Crippen LogP contribution in [0.2, 0.25) is 0 Å². The summed E-state index contributed by atoms with van der Waals surface area (Å²) in [5.74, 6) is 0.541. The number of hydrogen-bond acceptors (Lipinski definition) is 4. The van der Waals surface area contributed by atoms with Gasteiger partial charge in [-0.25, -0.2) is 4.98 Å². The Labute approximate surface area is 134 Å². The van der Waals surface area contributed by atoms with Gasteiger partial charge in [0.1, 0.15) is 16.6 Å². The molecule has 0 atom stereocenters. The maximum atomic E-state index is 10.4. The maximum absolute atomic E-state index is 10.4. The standard InChI is InChI=1S/C17H19N3OS/c1-9-6-5-7-13(10(9)2)20-8-14(21)15(16(20)18)17-19-11(3)12(4)22-17/h5-7,18,21H,8H2,1-4H3. The molecule has 0 radical (unpaired) electrons. The van der Waals surface area contributed by atoms with Crippen LogP contribution in [0.25, 0.3) is 5.57 Å². The number of hydrogen-bond donors (Lipinski definition) is 2. The SMILES string of the molecule is Cc1cccc(N2CC(O)=C(c3nc(C)c(C)s3)C2=N)c1C. The minimum absolute atomic E-state index is 0.222. The first-order valence-corrected chi connectivity index (χ1v) is 8.01. The van der Waals surface area contributed by atoms with Crippen molar-refractivity contribution in [3.05, 3.63) is 50.7 Å². The van der Waals surface area contributed by atoms with Gasteiger partial charge in [0.15, 0.2) is 0 Å². The van der Waals surface area contributed by atoms with Gasteiger partial charge in [-0.3, -0.25) is 5.41 Å². The van der Waals surface area contributed by atoms with Gasteiger partial charge in [0.05, 0.1) is 17.8 Å². The number of nitrogens with zero attached hydrogens (tertiary/aromatic N) is 2. The van der Waals surface area contributed by atoms with E-state index in [-0.39, 0.29) is 5.76 Å². The van der Waals surface area contributed by atoms with E-state index in [9.17, 15) is 5.11 Å². The summed E-state index contributed by atoms with van der Waals surface area (Å²) in [5, 5.41) is 19.6. The third kappa shape index (κ3) is 2.22. The lowest BCUT2D eigenvalue weighted by molar-refractivity contribution is 0.411. The largest absolute Gasteiger partial charge is 0.510 e. The van der Waals surface area contributed by atoms with Gasteiger partial charge in [-0.05, 0) is 44.9 Å². The van der Waals surface area contributed by atoms with E-state index < -0.39 is 0 Å². The number of aliphatic hydroxyl groups excluding tert-OH is 1. The van der Waals surface area contributed by atoms with E-state index in [0.29, 0.717) is 18.0 Å². The van der Waals surface area contributed by atoms with Gasteiger partial charge < -0.3 is 10.0 Å². The Bertz CT molecular complexity index is 785. The molecule has 0 fully saturated rings. The highest BCUT2D eigenvalue weighted by Gasteiger charge is 2.32. The summed E-state index contributed by atoms with van der Waals surface area (Å²) in [6.07, 6.45) is 0. The molecule has 2 N–H and O–H groups in total. The Balaban J connectivity index is 2.01. The minimum Gasteiger partial charge on any atom is -0.510 e. The van der Waals surface area contributed by atoms with E-state index in [1.807, 2.05) is 37.8 Å². The first-order valence-electron chi connectivity index (χ1n) is 7.19. The molecular weight excluding hydrogens is 294 g/mol. The number of benzene rings is 1. The van der Waals surface area contributed by atoms with Crippen molar-refractivity contribution < 1.29 is 5.11 Å². The fourth-order valence-electron chi connectivity index (χ4n) is 2.62. The average molecular weight is 313 g/mol. The van der Waals surface area contributed by atoms with Gasteiger partial charge in [-0.1, -0.05) is 12.1 Å². The summed E-state index contributed by atoms with van der Waals surface area (Å²) in [7, 11) is 0. The number of anilines is 1. The molecule has 1 aromatic heterocycles. The number of amidine groups is 1. The van der Waals surface area contributed by atoms with Crippen molar-refractivity contribution in [2.24, 2.45) is 0 Å². The first kappa shape index (κ1) is 14.8. The van der Waals surface area contributed by atoms with E-state index in [1.165, 1.54) is 16.9 Å². The highest BCUT2D eigenvalue weighted by Crippen LogP contribution is 2.35. The van der Waals surface area contributed by atoms with Gasteiger partial charge in [0.2, 0.25) is 0 Å². The molecule has 0 amide bonds. The molecule has 0 spiro atoms. The number of thiazole rings is 1. The monoisotopic (exact) mass is 313 g/mol. The molecule has 0 bridgehead atoms. The van der Waals surface area contributed by atoms with E-state index in [2.05, 4.69) is 18.0 Å². The molecule has 0 aliphatic carbocycles. The van der Waals surface area contributed by atoms with Crippen LogP contribution in [0.15, 0.2) is 24.0 Å². The molecule has 0 saturated heterocycles. The first-order chi connectivity index (χ1) is 10.4. The predicted octanol–water partition coefficient (Wildman–Crippen LogP) is 4.14. The van der Waals surface area contributed by atoms with Crippen LogP contribution in [-0.4, -0.2) is 22.5 Å². The van der Waals surface area contributed by atoms with Gasteiger partial charge in [-0.15, -0.1) is 11.3 Å². The van der Waals surface area contributed by atoms with Crippen LogP contribution in [0.5, 0.6) is 0 Å². The molecule has 0 unspecified atom stereocenters. The number of aromatic nitrogens is 1. The lowest BCUT2D eigenvalue weighted by atomic mass is 10.1. The van der Waals surface area contributed by atoms with E-state index in [1.54, 1.807) is 0 Å². The molecule has 22 heavy (non-hydrogen) atoms. The summed E-state index contributed by atoms with van der Waals surface area (Å²) >= 11 is 1.53. The number of nitrogens with one attached hydrogen (secondary N) is 1. The van der Waals surface area contributed by atoms with Crippen LogP contribution >= 0.6 is 11.3 Å². The normalized spacial score (nSPS) is 15.1. The highest BCUT2D eigenvalue weighted by atomic mass is 32.1. The summed E-state index contributed by atoms with van der Waals surface area (Å²) in [4.78, 5) is 7.46. The molecule has 114 valence electrons. The lowest BCUT2D eigenvalue weighted by Crippen LogP contribution is -2.27. The second kappa shape index (κ2) is 5.25. The zero-order chi connectivity index (χ0) is 16.0. The van der Waals surface area contributed by atoms with Crippen LogP contribution in [-0.2, 0) is 0 Å². The Hall–Kier alpha value is -2.14. The van der Waals surface area contributed by atoms with Gasteiger partial charge in [0.25, 0.3) is 0 Å². The average Bonchev–Trinajstić information content (AvgIpc) is 2.93. The van der Waals surface area contributed by atoms with Crippen LogP contribution in [0, 0.1) is 33.1 Å². The Morgan fingerprint density at radius 2 is 1.95 bits per heavy atom. The highest BCUT2D eigenvalue weighted by molar-refractivity contribution is 7.13. The molecule has 4 nitrogen and oxygen atoms in total. The summed E-state index contributed by atoms with van der Waals surface area (Å²) in [6, 6.07) is 6.03. The maximum Gasteiger partial charge on any atom is 0.139 e. The molecule has 2 aromatic rings. The fraction of sp³-hybridized carbons (Fsp3) is 0.294.